The lowest BCUT2D eigenvalue weighted by atomic mass is 9.86. The second-order valence-electron chi connectivity index (χ2n) is 4.53. The van der Waals surface area contributed by atoms with Crippen LogP contribution in [0.5, 0.6) is 0 Å². The molecule has 3 heteroatoms. The van der Waals surface area contributed by atoms with Crippen LogP contribution >= 0.6 is 0 Å². The van der Waals surface area contributed by atoms with E-state index in [2.05, 4.69) is 13.8 Å². The lowest BCUT2D eigenvalue weighted by molar-refractivity contribution is 0.359. The Balaban J connectivity index is 2.91. The summed E-state index contributed by atoms with van der Waals surface area (Å²) in [5, 5.41) is 0. The SMILES string of the molecule is CCCC(CCC)C(N)c1cc(F)ccc1F. The highest BCUT2D eigenvalue weighted by Crippen LogP contribution is 2.29. The van der Waals surface area contributed by atoms with E-state index in [9.17, 15) is 8.78 Å². The molecule has 0 amide bonds. The van der Waals surface area contributed by atoms with Crippen molar-refractivity contribution in [2.24, 2.45) is 11.7 Å². The molecule has 0 aliphatic heterocycles. The number of halogens is 2. The minimum Gasteiger partial charge on any atom is -0.324 e. The summed E-state index contributed by atoms with van der Waals surface area (Å²) in [5.41, 5.74) is 6.38. The number of rotatable bonds is 6. The molecule has 0 aromatic heterocycles. The van der Waals surface area contributed by atoms with Crippen molar-refractivity contribution in [3.63, 3.8) is 0 Å². The standard InChI is InChI=1S/C14H21F2N/c1-3-5-10(6-4-2)14(17)12-9-11(15)7-8-13(12)16/h7-10,14H,3-6,17H2,1-2H3. The van der Waals surface area contributed by atoms with Gasteiger partial charge in [-0.05, 0) is 37.0 Å². The van der Waals surface area contributed by atoms with Gasteiger partial charge in [0.15, 0.2) is 0 Å². The lowest BCUT2D eigenvalue weighted by Crippen LogP contribution is -2.22. The normalized spacial score (nSPS) is 13.1. The Bertz CT molecular complexity index is 346. The highest BCUT2D eigenvalue weighted by molar-refractivity contribution is 5.22. The first-order valence-electron chi connectivity index (χ1n) is 6.30. The first kappa shape index (κ1) is 14.1. The van der Waals surface area contributed by atoms with E-state index in [1.54, 1.807) is 0 Å². The van der Waals surface area contributed by atoms with Crippen molar-refractivity contribution in [3.05, 3.63) is 35.4 Å². The molecule has 1 rings (SSSR count). The van der Waals surface area contributed by atoms with Crippen LogP contribution in [0.2, 0.25) is 0 Å². The van der Waals surface area contributed by atoms with Crippen LogP contribution in [-0.2, 0) is 0 Å². The van der Waals surface area contributed by atoms with Crippen molar-refractivity contribution in [2.45, 2.75) is 45.6 Å². The minimum atomic E-state index is -0.427. The van der Waals surface area contributed by atoms with E-state index in [1.807, 2.05) is 0 Å². The average molecular weight is 241 g/mol. The van der Waals surface area contributed by atoms with E-state index >= 15 is 0 Å². The molecule has 0 heterocycles. The minimum absolute atomic E-state index is 0.223. The fourth-order valence-electron chi connectivity index (χ4n) is 2.27. The van der Waals surface area contributed by atoms with Gasteiger partial charge in [0.25, 0.3) is 0 Å². The Morgan fingerprint density at radius 3 is 2.24 bits per heavy atom. The maximum Gasteiger partial charge on any atom is 0.128 e. The molecule has 17 heavy (non-hydrogen) atoms. The highest BCUT2D eigenvalue weighted by Gasteiger charge is 2.21. The average Bonchev–Trinajstić information content (AvgIpc) is 2.31. The molecule has 0 saturated carbocycles. The molecule has 1 nitrogen and oxygen atoms in total. The first-order chi connectivity index (χ1) is 8.10. The summed E-state index contributed by atoms with van der Waals surface area (Å²) in [5.74, 6) is -0.610. The smallest absolute Gasteiger partial charge is 0.128 e. The third-order valence-electron chi connectivity index (χ3n) is 3.14. The molecular formula is C14H21F2N. The molecule has 1 atom stereocenters. The molecular weight excluding hydrogens is 220 g/mol. The monoisotopic (exact) mass is 241 g/mol. The van der Waals surface area contributed by atoms with Gasteiger partial charge in [0.1, 0.15) is 11.6 Å². The van der Waals surface area contributed by atoms with Gasteiger partial charge >= 0.3 is 0 Å². The molecule has 0 spiro atoms. The molecule has 0 fully saturated rings. The number of nitrogens with two attached hydrogens (primary N) is 1. The summed E-state index contributed by atoms with van der Waals surface area (Å²) >= 11 is 0. The van der Waals surface area contributed by atoms with Crippen LogP contribution in [0, 0.1) is 17.6 Å². The van der Waals surface area contributed by atoms with E-state index in [0.29, 0.717) is 5.56 Å². The fraction of sp³-hybridized carbons (Fsp3) is 0.571. The van der Waals surface area contributed by atoms with Crippen molar-refractivity contribution in [2.75, 3.05) is 0 Å². The quantitative estimate of drug-likeness (QED) is 0.794. The van der Waals surface area contributed by atoms with Crippen molar-refractivity contribution in [1.29, 1.82) is 0 Å². The maximum absolute atomic E-state index is 13.6. The van der Waals surface area contributed by atoms with Gasteiger partial charge in [-0.25, -0.2) is 8.78 Å². The highest BCUT2D eigenvalue weighted by atomic mass is 19.1. The lowest BCUT2D eigenvalue weighted by Gasteiger charge is -2.24. The van der Waals surface area contributed by atoms with Gasteiger partial charge in [0.05, 0.1) is 0 Å². The Kier molecular flexibility index (Phi) is 5.56. The Morgan fingerprint density at radius 1 is 1.12 bits per heavy atom. The van der Waals surface area contributed by atoms with Crippen LogP contribution < -0.4 is 5.73 Å². The van der Waals surface area contributed by atoms with Crippen LogP contribution in [0.3, 0.4) is 0 Å². The molecule has 0 saturated heterocycles. The molecule has 0 bridgehead atoms. The van der Waals surface area contributed by atoms with Crippen molar-refractivity contribution >= 4 is 0 Å². The molecule has 1 aromatic carbocycles. The third kappa shape index (κ3) is 3.77. The van der Waals surface area contributed by atoms with Crippen LogP contribution in [0.15, 0.2) is 18.2 Å². The zero-order valence-electron chi connectivity index (χ0n) is 10.5. The molecule has 0 aliphatic rings. The van der Waals surface area contributed by atoms with Crippen LogP contribution in [0.25, 0.3) is 0 Å². The van der Waals surface area contributed by atoms with E-state index in [1.165, 1.54) is 6.07 Å². The molecule has 0 radical (unpaired) electrons. The zero-order valence-corrected chi connectivity index (χ0v) is 10.5. The largest absolute Gasteiger partial charge is 0.324 e. The van der Waals surface area contributed by atoms with E-state index < -0.39 is 17.7 Å². The molecule has 96 valence electrons. The van der Waals surface area contributed by atoms with Gasteiger partial charge in [-0.3, -0.25) is 0 Å². The number of benzene rings is 1. The van der Waals surface area contributed by atoms with Gasteiger partial charge in [-0.1, -0.05) is 26.7 Å². The topological polar surface area (TPSA) is 26.0 Å². The Hall–Kier alpha value is -0.960. The number of hydrogen-bond acceptors (Lipinski definition) is 1. The van der Waals surface area contributed by atoms with E-state index in [-0.39, 0.29) is 5.92 Å². The first-order valence-corrected chi connectivity index (χ1v) is 6.30. The zero-order chi connectivity index (χ0) is 12.8. The van der Waals surface area contributed by atoms with Crippen molar-refractivity contribution < 1.29 is 8.78 Å². The maximum atomic E-state index is 13.6. The second kappa shape index (κ2) is 6.70. The van der Waals surface area contributed by atoms with Crippen molar-refractivity contribution in [3.8, 4) is 0 Å². The molecule has 2 N–H and O–H groups in total. The van der Waals surface area contributed by atoms with Gasteiger partial charge in [0, 0.05) is 11.6 Å². The van der Waals surface area contributed by atoms with Gasteiger partial charge in [-0.15, -0.1) is 0 Å². The van der Waals surface area contributed by atoms with Crippen LogP contribution in [0.1, 0.15) is 51.1 Å². The molecule has 0 aliphatic carbocycles. The molecule has 1 aromatic rings. The summed E-state index contributed by atoms with van der Waals surface area (Å²) < 4.78 is 26.7. The van der Waals surface area contributed by atoms with E-state index in [0.717, 1.165) is 37.8 Å². The summed E-state index contributed by atoms with van der Waals surface area (Å²) in [6.45, 7) is 4.16. The predicted octanol–water partition coefficient (Wildman–Crippen LogP) is 4.18. The summed E-state index contributed by atoms with van der Waals surface area (Å²) in [6, 6.07) is 3.09. The predicted molar refractivity (Wildman–Crippen MR) is 66.6 cm³/mol. The Morgan fingerprint density at radius 2 is 1.71 bits per heavy atom. The van der Waals surface area contributed by atoms with E-state index in [4.69, 9.17) is 5.73 Å². The fourth-order valence-corrected chi connectivity index (χ4v) is 2.27. The van der Waals surface area contributed by atoms with Crippen molar-refractivity contribution in [1.82, 2.24) is 0 Å². The van der Waals surface area contributed by atoms with Gasteiger partial charge in [0.2, 0.25) is 0 Å². The molecule has 1 unspecified atom stereocenters. The number of hydrogen-bond donors (Lipinski definition) is 1. The summed E-state index contributed by atoms with van der Waals surface area (Å²) in [7, 11) is 0. The van der Waals surface area contributed by atoms with Gasteiger partial charge in [-0.2, -0.15) is 0 Å². The Labute approximate surface area is 102 Å². The van der Waals surface area contributed by atoms with Crippen LogP contribution in [-0.4, -0.2) is 0 Å². The van der Waals surface area contributed by atoms with Gasteiger partial charge < -0.3 is 5.73 Å². The summed E-state index contributed by atoms with van der Waals surface area (Å²) in [4.78, 5) is 0. The second-order valence-corrected chi connectivity index (χ2v) is 4.53. The summed E-state index contributed by atoms with van der Waals surface area (Å²) in [6.07, 6.45) is 3.92. The third-order valence-corrected chi connectivity index (χ3v) is 3.14. The van der Waals surface area contributed by atoms with Crippen LogP contribution in [0.4, 0.5) is 8.78 Å².